The van der Waals surface area contributed by atoms with Crippen LogP contribution >= 0.6 is 0 Å². The maximum atomic E-state index is 11.6. The van der Waals surface area contributed by atoms with Crippen LogP contribution in [0.25, 0.3) is 0 Å². The molecule has 0 spiro atoms. The number of carbonyl (C=O) groups is 1. The first-order valence-electron chi connectivity index (χ1n) is 12.1. The minimum absolute atomic E-state index is 0.0198. The second-order valence-corrected chi connectivity index (χ2v) is 11.5. The van der Waals surface area contributed by atoms with E-state index in [1.807, 2.05) is 0 Å². The molecule has 4 heteroatoms. The Balaban J connectivity index is 1.53. The highest BCUT2D eigenvalue weighted by Gasteiger charge is 2.63. The van der Waals surface area contributed by atoms with Gasteiger partial charge in [0.2, 0.25) is 0 Å². The van der Waals surface area contributed by atoms with E-state index in [9.17, 15) is 15.0 Å². The Morgan fingerprint density at radius 3 is 2.55 bits per heavy atom. The second-order valence-electron chi connectivity index (χ2n) is 11.5. The zero-order valence-corrected chi connectivity index (χ0v) is 18.9. The Labute approximate surface area is 176 Å². The normalized spacial score (nSPS) is 50.2. The molecule has 0 aromatic heterocycles. The summed E-state index contributed by atoms with van der Waals surface area (Å²) < 4.78 is 4.85. The number of methoxy groups -OCH3 is 1. The average molecular weight is 407 g/mol. The molecule has 166 valence electrons. The Morgan fingerprint density at radius 1 is 1.07 bits per heavy atom. The summed E-state index contributed by atoms with van der Waals surface area (Å²) in [6.45, 7) is 7.12. The first-order chi connectivity index (χ1) is 13.7. The van der Waals surface area contributed by atoms with Crippen molar-refractivity contribution in [3.8, 4) is 0 Å². The van der Waals surface area contributed by atoms with E-state index < -0.39 is 0 Å². The van der Waals surface area contributed by atoms with Gasteiger partial charge in [-0.15, -0.1) is 0 Å². The molecule has 0 aliphatic heterocycles. The van der Waals surface area contributed by atoms with Crippen LogP contribution in [0.1, 0.15) is 85.0 Å². The molecule has 0 heterocycles. The van der Waals surface area contributed by atoms with E-state index in [0.29, 0.717) is 41.4 Å². The number of hydrogen-bond donors (Lipinski definition) is 2. The van der Waals surface area contributed by atoms with E-state index in [1.54, 1.807) is 0 Å². The van der Waals surface area contributed by atoms with Gasteiger partial charge in [-0.05, 0) is 104 Å². The highest BCUT2D eigenvalue weighted by Crippen LogP contribution is 2.68. The third kappa shape index (κ3) is 3.37. The number of hydrogen-bond acceptors (Lipinski definition) is 4. The minimum Gasteiger partial charge on any atom is -0.469 e. The number of ether oxygens (including phenoxy) is 1. The van der Waals surface area contributed by atoms with Gasteiger partial charge in [0.15, 0.2) is 0 Å². The predicted octanol–water partition coefficient (Wildman–Crippen LogP) is 4.57. The van der Waals surface area contributed by atoms with Gasteiger partial charge >= 0.3 is 5.97 Å². The van der Waals surface area contributed by atoms with Crippen molar-refractivity contribution < 1.29 is 19.7 Å². The summed E-state index contributed by atoms with van der Waals surface area (Å²) in [5, 5.41) is 21.8. The van der Waals surface area contributed by atoms with Gasteiger partial charge in [-0.2, -0.15) is 0 Å². The fourth-order valence-corrected chi connectivity index (χ4v) is 8.81. The molecule has 0 aromatic rings. The topological polar surface area (TPSA) is 66.8 Å². The summed E-state index contributed by atoms with van der Waals surface area (Å²) in [6.07, 6.45) is 9.86. The van der Waals surface area contributed by atoms with Crippen LogP contribution in [-0.4, -0.2) is 35.5 Å². The molecule has 0 aromatic carbocycles. The van der Waals surface area contributed by atoms with Crippen molar-refractivity contribution in [1.82, 2.24) is 0 Å². The van der Waals surface area contributed by atoms with Crippen molar-refractivity contribution >= 4 is 5.97 Å². The van der Waals surface area contributed by atoms with Gasteiger partial charge in [-0.1, -0.05) is 20.8 Å². The molecule has 0 bridgehead atoms. The molecular formula is C25H42O4. The SMILES string of the molecule is COC(=O)CC[C@@H](C)[C@H]1CCC2[C@@H]3CC[C@@H]4C[C@H](O)CC[C@]4(C)C3C[C@H](O)[C@@]21C. The number of carbonyl (C=O) groups excluding carboxylic acids is 1. The van der Waals surface area contributed by atoms with Crippen molar-refractivity contribution in [2.75, 3.05) is 7.11 Å². The predicted molar refractivity (Wildman–Crippen MR) is 113 cm³/mol. The van der Waals surface area contributed by atoms with E-state index in [2.05, 4.69) is 20.8 Å². The fourth-order valence-electron chi connectivity index (χ4n) is 8.81. The lowest BCUT2D eigenvalue weighted by Gasteiger charge is -2.62. The highest BCUT2D eigenvalue weighted by atomic mass is 16.5. The monoisotopic (exact) mass is 406 g/mol. The molecule has 4 fully saturated rings. The molecular weight excluding hydrogens is 364 g/mol. The quantitative estimate of drug-likeness (QED) is 0.671. The van der Waals surface area contributed by atoms with Crippen LogP contribution in [0, 0.1) is 46.3 Å². The lowest BCUT2D eigenvalue weighted by molar-refractivity contribution is -0.175. The molecule has 2 unspecified atom stereocenters. The number of aliphatic hydroxyl groups is 2. The second kappa shape index (κ2) is 7.82. The Morgan fingerprint density at radius 2 is 1.83 bits per heavy atom. The number of fused-ring (bicyclic) bond motifs is 5. The van der Waals surface area contributed by atoms with Gasteiger partial charge in [0.1, 0.15) is 0 Å². The van der Waals surface area contributed by atoms with Crippen LogP contribution in [0.5, 0.6) is 0 Å². The molecule has 4 nitrogen and oxygen atoms in total. The van der Waals surface area contributed by atoms with Gasteiger partial charge in [-0.3, -0.25) is 4.79 Å². The van der Waals surface area contributed by atoms with Crippen molar-refractivity contribution in [3.05, 3.63) is 0 Å². The lowest BCUT2D eigenvalue weighted by atomic mass is 9.43. The molecule has 0 saturated heterocycles. The van der Waals surface area contributed by atoms with Gasteiger partial charge in [0.05, 0.1) is 19.3 Å². The van der Waals surface area contributed by atoms with Crippen molar-refractivity contribution in [2.45, 2.75) is 97.2 Å². The molecule has 4 rings (SSSR count). The summed E-state index contributed by atoms with van der Waals surface area (Å²) in [5.41, 5.74) is 0.271. The summed E-state index contributed by atoms with van der Waals surface area (Å²) in [5.74, 6) is 3.36. The third-order valence-electron chi connectivity index (χ3n) is 10.5. The van der Waals surface area contributed by atoms with E-state index in [-0.39, 0.29) is 23.6 Å². The summed E-state index contributed by atoms with van der Waals surface area (Å²) in [7, 11) is 1.46. The maximum Gasteiger partial charge on any atom is 0.305 e. The summed E-state index contributed by atoms with van der Waals surface area (Å²) in [4.78, 5) is 11.6. The van der Waals surface area contributed by atoms with Crippen LogP contribution in [0.15, 0.2) is 0 Å². The maximum absolute atomic E-state index is 11.6. The molecule has 29 heavy (non-hydrogen) atoms. The Bertz CT molecular complexity index is 620. The standard InChI is InChI=1S/C25H42O4/c1-15(5-10-23(28)29-4)19-8-9-20-18-7-6-16-13-17(26)11-12-24(16,2)21(18)14-22(27)25(19,20)3/h15-22,26-27H,5-14H2,1-4H3/t15-,16-,17-,18+,19-,20?,21?,22+,24+,25-/m1/s1. The third-order valence-corrected chi connectivity index (χ3v) is 10.5. The number of rotatable bonds is 4. The zero-order valence-electron chi connectivity index (χ0n) is 18.9. The van der Waals surface area contributed by atoms with Gasteiger partial charge in [0, 0.05) is 6.42 Å². The van der Waals surface area contributed by atoms with Crippen LogP contribution in [0.3, 0.4) is 0 Å². The molecule has 10 atom stereocenters. The molecule has 0 radical (unpaired) electrons. The Kier molecular flexibility index (Phi) is 5.83. The van der Waals surface area contributed by atoms with Crippen LogP contribution < -0.4 is 0 Å². The molecule has 4 aliphatic carbocycles. The fraction of sp³-hybridized carbons (Fsp3) is 0.960. The van der Waals surface area contributed by atoms with Gasteiger partial charge in [-0.25, -0.2) is 0 Å². The number of aliphatic hydroxyl groups excluding tert-OH is 2. The molecule has 0 amide bonds. The smallest absolute Gasteiger partial charge is 0.305 e. The van der Waals surface area contributed by atoms with E-state index >= 15 is 0 Å². The Hall–Kier alpha value is -0.610. The van der Waals surface area contributed by atoms with E-state index in [1.165, 1.54) is 32.8 Å². The number of esters is 1. The summed E-state index contributed by atoms with van der Waals surface area (Å²) in [6, 6.07) is 0. The molecule has 2 N–H and O–H groups in total. The highest BCUT2D eigenvalue weighted by molar-refractivity contribution is 5.69. The van der Waals surface area contributed by atoms with Crippen molar-refractivity contribution in [3.63, 3.8) is 0 Å². The van der Waals surface area contributed by atoms with Gasteiger partial charge in [0.25, 0.3) is 0 Å². The lowest BCUT2D eigenvalue weighted by Crippen LogP contribution is -2.58. The minimum atomic E-state index is -0.246. The van der Waals surface area contributed by atoms with E-state index in [4.69, 9.17) is 4.74 Å². The van der Waals surface area contributed by atoms with E-state index in [0.717, 1.165) is 38.0 Å². The average Bonchev–Trinajstić information content (AvgIpc) is 3.06. The molecule has 4 aliphatic rings. The van der Waals surface area contributed by atoms with Crippen molar-refractivity contribution in [1.29, 1.82) is 0 Å². The zero-order chi connectivity index (χ0) is 21.0. The molecule has 4 saturated carbocycles. The largest absolute Gasteiger partial charge is 0.469 e. The summed E-state index contributed by atoms with van der Waals surface area (Å²) >= 11 is 0. The first kappa shape index (κ1) is 21.6. The van der Waals surface area contributed by atoms with Crippen LogP contribution in [0.4, 0.5) is 0 Å². The van der Waals surface area contributed by atoms with Crippen LogP contribution in [-0.2, 0) is 9.53 Å². The van der Waals surface area contributed by atoms with Crippen LogP contribution in [0.2, 0.25) is 0 Å². The first-order valence-corrected chi connectivity index (χ1v) is 12.1. The van der Waals surface area contributed by atoms with Gasteiger partial charge < -0.3 is 14.9 Å². The van der Waals surface area contributed by atoms with Crippen molar-refractivity contribution in [2.24, 2.45) is 46.3 Å².